The molecule has 134 valence electrons. The summed E-state index contributed by atoms with van der Waals surface area (Å²) in [6, 6.07) is 7.78. The topological polar surface area (TPSA) is 79.8 Å². The number of thioether (sulfide) groups is 1. The van der Waals surface area contributed by atoms with Crippen molar-refractivity contribution in [3.8, 4) is 5.69 Å². The average Bonchev–Trinajstić information content (AvgIpc) is 3.07. The molecule has 0 saturated heterocycles. The van der Waals surface area contributed by atoms with Crippen LogP contribution >= 0.6 is 27.7 Å². The molecule has 1 amide bonds. The van der Waals surface area contributed by atoms with Crippen LogP contribution in [0.3, 0.4) is 0 Å². The van der Waals surface area contributed by atoms with E-state index in [0.717, 1.165) is 22.0 Å². The van der Waals surface area contributed by atoms with E-state index in [0.29, 0.717) is 4.47 Å². The van der Waals surface area contributed by atoms with E-state index in [1.807, 2.05) is 24.6 Å². The number of rotatable bonds is 5. The third-order valence-corrected chi connectivity index (χ3v) is 5.13. The lowest BCUT2D eigenvalue weighted by Crippen LogP contribution is -2.21. The number of imidazole rings is 1. The first-order valence-electron chi connectivity index (χ1n) is 7.86. The number of amides is 1. The molecule has 0 aliphatic carbocycles. The monoisotopic (exact) mass is 432 g/mol. The van der Waals surface area contributed by atoms with Gasteiger partial charge in [0.25, 0.3) is 5.56 Å². The molecule has 1 aromatic carbocycles. The largest absolute Gasteiger partial charge is 0.326 e. The second kappa shape index (κ2) is 7.92. The van der Waals surface area contributed by atoms with E-state index >= 15 is 0 Å². The lowest BCUT2D eigenvalue weighted by atomic mass is 10.1. The van der Waals surface area contributed by atoms with Crippen LogP contribution in [0.5, 0.6) is 0 Å². The van der Waals surface area contributed by atoms with Crippen molar-refractivity contribution in [3.05, 3.63) is 68.8 Å². The van der Waals surface area contributed by atoms with E-state index < -0.39 is 0 Å². The van der Waals surface area contributed by atoms with Crippen molar-refractivity contribution in [2.75, 3.05) is 11.1 Å². The predicted octanol–water partition coefficient (Wildman–Crippen LogP) is 3.67. The van der Waals surface area contributed by atoms with Gasteiger partial charge in [0, 0.05) is 23.1 Å². The van der Waals surface area contributed by atoms with Gasteiger partial charge in [-0.05, 0) is 53.0 Å². The van der Waals surface area contributed by atoms with Crippen molar-refractivity contribution in [1.29, 1.82) is 0 Å². The maximum Gasteiger partial charge on any atom is 0.271 e. The summed E-state index contributed by atoms with van der Waals surface area (Å²) in [4.78, 5) is 30.8. The number of aromatic nitrogens is 3. The van der Waals surface area contributed by atoms with Gasteiger partial charge < -0.3 is 10.3 Å². The van der Waals surface area contributed by atoms with E-state index in [-0.39, 0.29) is 22.9 Å². The third-order valence-electron chi connectivity index (χ3n) is 3.71. The minimum Gasteiger partial charge on any atom is -0.326 e. The highest BCUT2D eigenvalue weighted by molar-refractivity contribution is 9.10. The van der Waals surface area contributed by atoms with E-state index in [4.69, 9.17) is 0 Å². The highest BCUT2D eigenvalue weighted by Gasteiger charge is 2.12. The Hall–Kier alpha value is -2.32. The molecule has 6 nitrogen and oxygen atoms in total. The summed E-state index contributed by atoms with van der Waals surface area (Å²) in [5.41, 5.74) is 3.18. The molecule has 2 N–H and O–H groups in total. The number of carbonyl (C=O) groups excluding carboxylic acids is 1. The van der Waals surface area contributed by atoms with Crippen molar-refractivity contribution < 1.29 is 4.79 Å². The van der Waals surface area contributed by atoms with Crippen molar-refractivity contribution >= 4 is 39.3 Å². The van der Waals surface area contributed by atoms with Crippen molar-refractivity contribution in [3.63, 3.8) is 0 Å². The van der Waals surface area contributed by atoms with Gasteiger partial charge in [0.15, 0.2) is 5.16 Å². The maximum atomic E-state index is 12.2. The molecule has 0 spiro atoms. The Morgan fingerprint density at radius 2 is 2.15 bits per heavy atom. The molecule has 3 rings (SSSR count). The molecule has 0 bridgehead atoms. The fourth-order valence-electron chi connectivity index (χ4n) is 2.43. The summed E-state index contributed by atoms with van der Waals surface area (Å²) >= 11 is 4.58. The van der Waals surface area contributed by atoms with Crippen LogP contribution in [0.25, 0.3) is 5.69 Å². The number of hydrogen-bond donors (Lipinski definition) is 2. The smallest absolute Gasteiger partial charge is 0.271 e. The molecule has 0 aliphatic heterocycles. The number of aryl methyl sites for hydroxylation is 2. The SMILES string of the molecule is Cc1ccc(C)c(-n2ccnc2SCC(=O)Nc2cc(Br)c[nH]c2=O)c1. The van der Waals surface area contributed by atoms with Crippen LogP contribution in [0.1, 0.15) is 11.1 Å². The zero-order valence-corrected chi connectivity index (χ0v) is 16.6. The van der Waals surface area contributed by atoms with Crippen LogP contribution in [0.15, 0.2) is 57.3 Å². The Balaban J connectivity index is 1.72. The first-order valence-corrected chi connectivity index (χ1v) is 9.64. The number of nitrogens with one attached hydrogen (secondary N) is 2. The average molecular weight is 433 g/mol. The Bertz CT molecular complexity index is 1010. The number of nitrogens with zero attached hydrogens (tertiary/aromatic N) is 2. The number of H-pyrrole nitrogens is 1. The number of halogens is 1. The van der Waals surface area contributed by atoms with E-state index in [9.17, 15) is 9.59 Å². The predicted molar refractivity (Wildman–Crippen MR) is 107 cm³/mol. The molecular formula is C18H17BrN4O2S. The van der Waals surface area contributed by atoms with Crippen LogP contribution in [0.4, 0.5) is 5.69 Å². The Morgan fingerprint density at radius 3 is 2.96 bits per heavy atom. The van der Waals surface area contributed by atoms with Gasteiger partial charge >= 0.3 is 0 Å². The van der Waals surface area contributed by atoms with Gasteiger partial charge in [-0.3, -0.25) is 14.2 Å². The Kier molecular flexibility index (Phi) is 5.63. The highest BCUT2D eigenvalue weighted by Crippen LogP contribution is 2.23. The lowest BCUT2D eigenvalue weighted by molar-refractivity contribution is -0.113. The number of anilines is 1. The van der Waals surface area contributed by atoms with Crippen molar-refractivity contribution in [2.24, 2.45) is 0 Å². The number of pyridine rings is 1. The molecule has 0 unspecified atom stereocenters. The summed E-state index contributed by atoms with van der Waals surface area (Å²) in [5.74, 6) is -0.123. The second-order valence-corrected chi connectivity index (χ2v) is 7.63. The normalized spacial score (nSPS) is 10.7. The zero-order valence-electron chi connectivity index (χ0n) is 14.2. The minimum absolute atomic E-state index is 0.147. The quantitative estimate of drug-likeness (QED) is 0.602. The third kappa shape index (κ3) is 4.25. The number of carbonyl (C=O) groups is 1. The number of aromatic amines is 1. The molecule has 8 heteroatoms. The van der Waals surface area contributed by atoms with Crippen molar-refractivity contribution in [2.45, 2.75) is 19.0 Å². The molecular weight excluding hydrogens is 416 g/mol. The first kappa shape index (κ1) is 18.5. The molecule has 0 saturated carbocycles. The summed E-state index contributed by atoms with van der Waals surface area (Å²) in [6.45, 7) is 4.07. The second-order valence-electron chi connectivity index (χ2n) is 5.77. The molecule has 2 heterocycles. The number of benzene rings is 1. The highest BCUT2D eigenvalue weighted by atomic mass is 79.9. The number of hydrogen-bond acceptors (Lipinski definition) is 4. The standard InChI is InChI=1S/C18H17BrN4O2S/c1-11-3-4-12(2)15(7-11)23-6-5-20-18(23)26-10-16(24)22-14-8-13(19)9-21-17(14)25/h3-9H,10H2,1-2H3,(H,21,25)(H,22,24). The fourth-order valence-corrected chi connectivity index (χ4v) is 3.53. The van der Waals surface area contributed by atoms with E-state index in [1.54, 1.807) is 12.3 Å². The van der Waals surface area contributed by atoms with E-state index in [1.165, 1.54) is 18.0 Å². The van der Waals surface area contributed by atoms with Gasteiger partial charge in [0.2, 0.25) is 5.91 Å². The molecule has 3 aromatic rings. The van der Waals surface area contributed by atoms with Crippen LogP contribution in [-0.2, 0) is 4.79 Å². The van der Waals surface area contributed by atoms with Gasteiger partial charge in [-0.25, -0.2) is 4.98 Å². The minimum atomic E-state index is -0.344. The summed E-state index contributed by atoms with van der Waals surface area (Å²) in [5, 5.41) is 3.34. The summed E-state index contributed by atoms with van der Waals surface area (Å²) < 4.78 is 2.65. The molecule has 0 aliphatic rings. The molecule has 0 fully saturated rings. The molecule has 2 aromatic heterocycles. The van der Waals surface area contributed by atoms with Gasteiger partial charge in [0.1, 0.15) is 5.69 Å². The molecule has 26 heavy (non-hydrogen) atoms. The van der Waals surface area contributed by atoms with Crippen LogP contribution < -0.4 is 10.9 Å². The Labute approximate surface area is 163 Å². The first-order chi connectivity index (χ1) is 12.4. The zero-order chi connectivity index (χ0) is 18.7. The maximum absolute atomic E-state index is 12.2. The molecule has 0 atom stereocenters. The summed E-state index contributed by atoms with van der Waals surface area (Å²) in [7, 11) is 0. The Morgan fingerprint density at radius 1 is 1.35 bits per heavy atom. The van der Waals surface area contributed by atoms with Crippen molar-refractivity contribution in [1.82, 2.24) is 14.5 Å². The van der Waals surface area contributed by atoms with Gasteiger partial charge in [0.05, 0.1) is 11.4 Å². The lowest BCUT2D eigenvalue weighted by Gasteiger charge is -2.11. The summed E-state index contributed by atoms with van der Waals surface area (Å²) in [6.07, 6.45) is 5.11. The van der Waals surface area contributed by atoms with Crippen LogP contribution in [0, 0.1) is 13.8 Å². The van der Waals surface area contributed by atoms with Gasteiger partial charge in [-0.1, -0.05) is 23.9 Å². The van der Waals surface area contributed by atoms with Crippen LogP contribution in [0.2, 0.25) is 0 Å². The van der Waals surface area contributed by atoms with Gasteiger partial charge in [-0.15, -0.1) is 0 Å². The fraction of sp³-hybridized carbons (Fsp3) is 0.167. The molecule has 0 radical (unpaired) electrons. The van der Waals surface area contributed by atoms with E-state index in [2.05, 4.69) is 49.4 Å². The van der Waals surface area contributed by atoms with Gasteiger partial charge in [-0.2, -0.15) is 0 Å². The van der Waals surface area contributed by atoms with Crippen LogP contribution in [-0.4, -0.2) is 26.2 Å².